The molecule has 1 saturated carbocycles. The number of H-pyrrole nitrogens is 1. The van der Waals surface area contributed by atoms with Gasteiger partial charge in [-0.15, -0.1) is 5.10 Å². The van der Waals surface area contributed by atoms with E-state index >= 15 is 0 Å². The molecule has 1 aliphatic carbocycles. The number of aryl methyl sites for hydroxylation is 2. The van der Waals surface area contributed by atoms with Crippen LogP contribution >= 0.6 is 0 Å². The lowest BCUT2D eigenvalue weighted by Crippen LogP contribution is -2.29. The predicted molar refractivity (Wildman–Crippen MR) is 133 cm³/mol. The highest BCUT2D eigenvalue weighted by molar-refractivity contribution is 5.82. The number of pyridine rings is 1. The van der Waals surface area contributed by atoms with Crippen LogP contribution in [-0.2, 0) is 19.6 Å². The van der Waals surface area contributed by atoms with Gasteiger partial charge >= 0.3 is 0 Å². The van der Waals surface area contributed by atoms with Crippen molar-refractivity contribution < 1.29 is 4.39 Å². The van der Waals surface area contributed by atoms with Crippen LogP contribution in [0.1, 0.15) is 66.2 Å². The Kier molecular flexibility index (Phi) is 6.72. The zero-order chi connectivity index (χ0) is 24.4. The molecule has 0 radical (unpaired) electrons. The smallest absolute Gasteiger partial charge is 0.252 e. The summed E-state index contributed by atoms with van der Waals surface area (Å²) in [6.07, 6.45) is 5.80. The molecule has 2 aromatic heterocycles. The summed E-state index contributed by atoms with van der Waals surface area (Å²) in [5.74, 6) is 0.529. The molecule has 7 nitrogen and oxygen atoms in total. The van der Waals surface area contributed by atoms with Gasteiger partial charge in [0.05, 0.1) is 18.1 Å². The first kappa shape index (κ1) is 23.4. The number of aromatic amines is 1. The van der Waals surface area contributed by atoms with Crippen LogP contribution in [0.5, 0.6) is 0 Å². The van der Waals surface area contributed by atoms with Gasteiger partial charge in [0.2, 0.25) is 0 Å². The van der Waals surface area contributed by atoms with Crippen LogP contribution in [0.25, 0.3) is 10.9 Å². The highest BCUT2D eigenvalue weighted by Crippen LogP contribution is 2.28. The molecule has 1 aliphatic rings. The summed E-state index contributed by atoms with van der Waals surface area (Å²) < 4.78 is 15.5. The molecule has 0 unspecified atom stereocenters. The Bertz CT molecular complexity index is 1370. The number of tetrazole rings is 1. The number of benzene rings is 2. The Morgan fingerprint density at radius 3 is 2.57 bits per heavy atom. The Balaban J connectivity index is 1.46. The number of halogens is 1. The highest BCUT2D eigenvalue weighted by atomic mass is 19.1. The van der Waals surface area contributed by atoms with E-state index in [1.807, 2.05) is 17.7 Å². The van der Waals surface area contributed by atoms with Crippen LogP contribution in [0.2, 0.25) is 0 Å². The summed E-state index contributed by atoms with van der Waals surface area (Å²) >= 11 is 0. The number of fused-ring (bicyclic) bond motifs is 1. The molecule has 8 heteroatoms. The summed E-state index contributed by atoms with van der Waals surface area (Å²) in [5, 5.41) is 13.6. The van der Waals surface area contributed by atoms with Gasteiger partial charge in [0, 0.05) is 18.7 Å². The molecule has 0 atom stereocenters. The average Bonchev–Trinajstić information content (AvgIpc) is 3.30. The molecule has 35 heavy (non-hydrogen) atoms. The van der Waals surface area contributed by atoms with Crippen molar-refractivity contribution in [3.8, 4) is 0 Å². The maximum atomic E-state index is 13.5. The summed E-state index contributed by atoms with van der Waals surface area (Å²) in [4.78, 5) is 18.3. The second kappa shape index (κ2) is 10.1. The summed E-state index contributed by atoms with van der Waals surface area (Å²) in [5.41, 5.74) is 4.63. The van der Waals surface area contributed by atoms with E-state index < -0.39 is 0 Å². The highest BCUT2D eigenvalue weighted by Gasteiger charge is 2.22. The first-order chi connectivity index (χ1) is 17.0. The van der Waals surface area contributed by atoms with Gasteiger partial charge in [-0.1, -0.05) is 43.0 Å². The van der Waals surface area contributed by atoms with Gasteiger partial charge in [-0.25, -0.2) is 9.07 Å². The minimum absolute atomic E-state index is 0.0968. The normalized spacial score (nSPS) is 14.7. The van der Waals surface area contributed by atoms with Crippen LogP contribution in [0, 0.1) is 19.7 Å². The van der Waals surface area contributed by atoms with Crippen LogP contribution in [0.4, 0.5) is 4.39 Å². The molecule has 2 aromatic carbocycles. The predicted octanol–water partition coefficient (Wildman–Crippen LogP) is 4.98. The molecule has 0 bridgehead atoms. The van der Waals surface area contributed by atoms with Gasteiger partial charge in [-0.05, 0) is 77.9 Å². The lowest BCUT2D eigenvalue weighted by atomic mass is 9.95. The summed E-state index contributed by atoms with van der Waals surface area (Å²) in [6, 6.07) is 13.0. The topological polar surface area (TPSA) is 79.7 Å². The molecule has 0 aliphatic heterocycles. The number of rotatable bonds is 7. The average molecular weight is 475 g/mol. The SMILES string of the molecule is Cc1cc(C)c2[nH]c(=O)c(CN(Cc3ccc(F)cc3)Cc3nnnn3C3CCCCC3)cc2c1. The van der Waals surface area contributed by atoms with E-state index in [9.17, 15) is 9.18 Å². The third-order valence-electron chi connectivity index (χ3n) is 6.93. The molecule has 1 N–H and O–H groups in total. The maximum absolute atomic E-state index is 13.5. The largest absolute Gasteiger partial charge is 0.321 e. The zero-order valence-corrected chi connectivity index (χ0v) is 20.3. The second-order valence-electron chi connectivity index (χ2n) is 9.77. The van der Waals surface area contributed by atoms with E-state index in [4.69, 9.17) is 0 Å². The van der Waals surface area contributed by atoms with E-state index in [0.717, 1.165) is 46.3 Å². The van der Waals surface area contributed by atoms with Crippen molar-refractivity contribution in [1.29, 1.82) is 0 Å². The van der Waals surface area contributed by atoms with Gasteiger partial charge in [0.1, 0.15) is 5.82 Å². The van der Waals surface area contributed by atoms with Gasteiger partial charge in [0.15, 0.2) is 5.82 Å². The van der Waals surface area contributed by atoms with Crippen LogP contribution in [-0.4, -0.2) is 30.1 Å². The standard InChI is InChI=1S/C27H31FN6O/c1-18-12-19(2)26-21(13-18)14-22(27(35)29-26)16-33(15-20-8-10-23(28)11-9-20)17-25-30-31-32-34(25)24-6-4-3-5-7-24/h8-14,24H,3-7,15-17H2,1-2H3,(H,29,35). The third kappa shape index (κ3) is 5.32. The Labute approximate surface area is 204 Å². The van der Waals surface area contributed by atoms with Gasteiger partial charge in [-0.2, -0.15) is 0 Å². The molecule has 1 fully saturated rings. The molecule has 4 aromatic rings. The van der Waals surface area contributed by atoms with Crippen LogP contribution in [0.3, 0.4) is 0 Å². The fraction of sp³-hybridized carbons (Fsp3) is 0.407. The molecule has 2 heterocycles. The van der Waals surface area contributed by atoms with E-state index in [2.05, 4.69) is 44.5 Å². The van der Waals surface area contributed by atoms with E-state index in [-0.39, 0.29) is 11.4 Å². The monoisotopic (exact) mass is 474 g/mol. The van der Waals surface area contributed by atoms with Crippen molar-refractivity contribution in [2.75, 3.05) is 0 Å². The Morgan fingerprint density at radius 2 is 1.80 bits per heavy atom. The summed E-state index contributed by atoms with van der Waals surface area (Å²) in [6.45, 7) is 5.53. The number of nitrogens with one attached hydrogen (secondary N) is 1. The first-order valence-electron chi connectivity index (χ1n) is 12.3. The van der Waals surface area contributed by atoms with Crippen molar-refractivity contribution >= 4 is 10.9 Å². The molecule has 5 rings (SSSR count). The van der Waals surface area contributed by atoms with Gasteiger partial charge < -0.3 is 4.98 Å². The Morgan fingerprint density at radius 1 is 1.03 bits per heavy atom. The quantitative estimate of drug-likeness (QED) is 0.409. The molecule has 0 spiro atoms. The van der Waals surface area contributed by atoms with E-state index in [0.29, 0.717) is 31.2 Å². The lowest BCUT2D eigenvalue weighted by molar-refractivity contribution is 0.225. The molecule has 0 amide bonds. The number of aromatic nitrogens is 5. The minimum atomic E-state index is -0.266. The maximum Gasteiger partial charge on any atom is 0.252 e. The van der Waals surface area contributed by atoms with E-state index in [1.165, 1.54) is 31.4 Å². The number of nitrogens with zero attached hydrogens (tertiary/aromatic N) is 5. The summed E-state index contributed by atoms with van der Waals surface area (Å²) in [7, 11) is 0. The van der Waals surface area contributed by atoms with Crippen LogP contribution < -0.4 is 5.56 Å². The van der Waals surface area contributed by atoms with Crippen molar-refractivity contribution in [3.05, 3.63) is 86.7 Å². The van der Waals surface area contributed by atoms with Gasteiger partial charge in [0.25, 0.3) is 5.56 Å². The van der Waals surface area contributed by atoms with Gasteiger partial charge in [-0.3, -0.25) is 9.69 Å². The number of hydrogen-bond donors (Lipinski definition) is 1. The number of hydrogen-bond acceptors (Lipinski definition) is 5. The third-order valence-corrected chi connectivity index (χ3v) is 6.93. The van der Waals surface area contributed by atoms with Crippen molar-refractivity contribution in [2.24, 2.45) is 0 Å². The fourth-order valence-electron chi connectivity index (χ4n) is 5.23. The zero-order valence-electron chi connectivity index (χ0n) is 20.3. The minimum Gasteiger partial charge on any atom is -0.321 e. The molecule has 0 saturated heterocycles. The van der Waals surface area contributed by atoms with Crippen molar-refractivity contribution in [2.45, 2.75) is 71.6 Å². The first-order valence-corrected chi connectivity index (χ1v) is 12.3. The molecular weight excluding hydrogens is 443 g/mol. The van der Waals surface area contributed by atoms with Crippen LogP contribution in [0.15, 0.2) is 47.3 Å². The molecule has 182 valence electrons. The molecular formula is C27H31FN6O. The second-order valence-corrected chi connectivity index (χ2v) is 9.77. The lowest BCUT2D eigenvalue weighted by Gasteiger charge is -2.25. The Hall–Kier alpha value is -3.39. The van der Waals surface area contributed by atoms with Crippen molar-refractivity contribution in [3.63, 3.8) is 0 Å². The fourth-order valence-corrected chi connectivity index (χ4v) is 5.23. The van der Waals surface area contributed by atoms with E-state index in [1.54, 1.807) is 12.1 Å². The van der Waals surface area contributed by atoms with Crippen molar-refractivity contribution in [1.82, 2.24) is 30.1 Å².